The smallest absolute Gasteiger partial charge is 0.314 e. The molecular weight excluding hydrogens is 276 g/mol. The molecular formula is C11H32N2O2Si3. The minimum Gasteiger partial charge on any atom is -0.439 e. The third kappa shape index (κ3) is 9.42. The fourth-order valence-corrected chi connectivity index (χ4v) is 14.3. The van der Waals surface area contributed by atoms with Crippen molar-refractivity contribution >= 4 is 25.9 Å². The summed E-state index contributed by atoms with van der Waals surface area (Å²) in [5.74, 6) is 0. The van der Waals surface area contributed by atoms with E-state index in [1.54, 1.807) is 0 Å². The first-order chi connectivity index (χ1) is 8.22. The molecule has 0 aromatic heterocycles. The third-order valence-corrected chi connectivity index (χ3v) is 12.9. The van der Waals surface area contributed by atoms with Crippen molar-refractivity contribution in [1.82, 2.24) is 0 Å². The molecule has 2 unspecified atom stereocenters. The molecule has 0 aliphatic heterocycles. The number of nitrogens with two attached hydrogens (primary N) is 2. The van der Waals surface area contributed by atoms with E-state index < -0.39 is 25.9 Å². The minimum atomic E-state index is -2.02. The zero-order valence-electron chi connectivity index (χ0n) is 12.8. The van der Waals surface area contributed by atoms with Crippen LogP contribution in [0, 0.1) is 0 Å². The molecule has 0 aliphatic carbocycles. The quantitative estimate of drug-likeness (QED) is 0.605. The summed E-state index contributed by atoms with van der Waals surface area (Å²) in [6.07, 6.45) is 2.08. The topological polar surface area (TPSA) is 70.5 Å². The van der Waals surface area contributed by atoms with Gasteiger partial charge in [-0.3, -0.25) is 0 Å². The zero-order chi connectivity index (χ0) is 14.2. The second kappa shape index (κ2) is 8.62. The summed E-state index contributed by atoms with van der Waals surface area (Å²) in [7, 11) is -4.70. The van der Waals surface area contributed by atoms with Crippen molar-refractivity contribution < 1.29 is 8.23 Å². The molecule has 18 heavy (non-hydrogen) atoms. The molecule has 0 aliphatic rings. The van der Waals surface area contributed by atoms with E-state index in [0.717, 1.165) is 38.0 Å². The number of hydrogen-bond acceptors (Lipinski definition) is 4. The minimum absolute atomic E-state index is 0.722. The maximum Gasteiger partial charge on any atom is 0.314 e. The van der Waals surface area contributed by atoms with Gasteiger partial charge in [0.25, 0.3) is 0 Å². The Balaban J connectivity index is 4.45. The second-order valence-electron chi connectivity index (χ2n) is 6.10. The Bertz CT molecular complexity index is 227. The van der Waals surface area contributed by atoms with E-state index >= 15 is 0 Å². The Labute approximate surface area is 117 Å². The van der Waals surface area contributed by atoms with Crippen LogP contribution in [0.3, 0.4) is 0 Å². The summed E-state index contributed by atoms with van der Waals surface area (Å²) in [6, 6.07) is 2.17. The van der Waals surface area contributed by atoms with E-state index in [0.29, 0.717) is 0 Å². The van der Waals surface area contributed by atoms with Crippen LogP contribution in [-0.4, -0.2) is 39.0 Å². The molecule has 0 radical (unpaired) electrons. The van der Waals surface area contributed by atoms with E-state index in [4.69, 9.17) is 19.7 Å². The first-order valence-corrected chi connectivity index (χ1v) is 15.4. The van der Waals surface area contributed by atoms with Gasteiger partial charge in [-0.2, -0.15) is 0 Å². The zero-order valence-corrected chi connectivity index (χ0v) is 15.9. The molecule has 4 N–H and O–H groups in total. The standard InChI is InChI=1S/C11H32N2O2Si3/c1-16(10-6-8-12)14-18(5,11-7-9-13)15-17(2,3)4/h16H,6-13H2,1-5H3. The molecule has 0 amide bonds. The van der Waals surface area contributed by atoms with Crippen LogP contribution in [0.2, 0.25) is 44.8 Å². The molecule has 0 fully saturated rings. The predicted molar refractivity (Wildman–Crippen MR) is 87.1 cm³/mol. The van der Waals surface area contributed by atoms with Crippen molar-refractivity contribution in [2.24, 2.45) is 11.5 Å². The molecule has 0 aromatic rings. The van der Waals surface area contributed by atoms with Crippen LogP contribution in [0.4, 0.5) is 0 Å². The monoisotopic (exact) mass is 308 g/mol. The van der Waals surface area contributed by atoms with Gasteiger partial charge in [-0.15, -0.1) is 0 Å². The van der Waals surface area contributed by atoms with Gasteiger partial charge in [-0.05, 0) is 70.8 Å². The van der Waals surface area contributed by atoms with Crippen LogP contribution in [0.1, 0.15) is 12.8 Å². The van der Waals surface area contributed by atoms with Crippen molar-refractivity contribution in [3.05, 3.63) is 0 Å². The highest BCUT2D eigenvalue weighted by Gasteiger charge is 2.37. The summed E-state index contributed by atoms with van der Waals surface area (Å²) >= 11 is 0. The number of hydrogen-bond donors (Lipinski definition) is 2. The maximum atomic E-state index is 6.40. The average Bonchev–Trinajstić information content (AvgIpc) is 2.21. The Morgan fingerprint density at radius 1 is 1.00 bits per heavy atom. The lowest BCUT2D eigenvalue weighted by molar-refractivity contribution is 0.387. The van der Waals surface area contributed by atoms with E-state index in [1.165, 1.54) is 0 Å². The highest BCUT2D eigenvalue weighted by atomic mass is 28.5. The van der Waals surface area contributed by atoms with Gasteiger partial charge in [-0.1, -0.05) is 0 Å². The highest BCUT2D eigenvalue weighted by molar-refractivity contribution is 6.84. The Hall–Kier alpha value is 0.491. The second-order valence-corrected chi connectivity index (χ2v) is 17.1. The lowest BCUT2D eigenvalue weighted by Gasteiger charge is -2.36. The number of rotatable bonds is 10. The van der Waals surface area contributed by atoms with E-state index in [9.17, 15) is 0 Å². The van der Waals surface area contributed by atoms with Crippen molar-refractivity contribution in [2.45, 2.75) is 57.7 Å². The van der Waals surface area contributed by atoms with E-state index in [2.05, 4.69) is 32.7 Å². The van der Waals surface area contributed by atoms with Crippen molar-refractivity contribution in [2.75, 3.05) is 13.1 Å². The molecule has 4 nitrogen and oxygen atoms in total. The molecule has 0 saturated heterocycles. The van der Waals surface area contributed by atoms with Gasteiger partial charge in [-0.25, -0.2) is 0 Å². The molecule has 0 heterocycles. The molecule has 0 aromatic carbocycles. The van der Waals surface area contributed by atoms with Crippen LogP contribution >= 0.6 is 0 Å². The van der Waals surface area contributed by atoms with Gasteiger partial charge < -0.3 is 19.7 Å². The van der Waals surface area contributed by atoms with E-state index in [-0.39, 0.29) is 0 Å². The van der Waals surface area contributed by atoms with Gasteiger partial charge in [0.1, 0.15) is 0 Å². The van der Waals surface area contributed by atoms with Crippen LogP contribution in [-0.2, 0) is 8.23 Å². The SMILES string of the molecule is C[SiH](CCCN)O[Si](C)(CCCN)O[Si](C)(C)C. The van der Waals surface area contributed by atoms with Crippen LogP contribution in [0.25, 0.3) is 0 Å². The largest absolute Gasteiger partial charge is 0.439 e. The van der Waals surface area contributed by atoms with Gasteiger partial charge in [0.05, 0.1) is 0 Å². The van der Waals surface area contributed by atoms with Gasteiger partial charge in [0.15, 0.2) is 17.4 Å². The van der Waals surface area contributed by atoms with Crippen molar-refractivity contribution in [1.29, 1.82) is 0 Å². The van der Waals surface area contributed by atoms with Crippen LogP contribution in [0.5, 0.6) is 0 Å². The first-order valence-electron chi connectivity index (χ1n) is 7.00. The van der Waals surface area contributed by atoms with Gasteiger partial charge in [0, 0.05) is 0 Å². The fourth-order valence-electron chi connectivity index (χ4n) is 2.09. The van der Waals surface area contributed by atoms with E-state index in [1.807, 2.05) is 0 Å². The summed E-state index contributed by atoms with van der Waals surface area (Å²) in [6.45, 7) is 12.7. The first kappa shape index (κ1) is 18.5. The fraction of sp³-hybridized carbons (Fsp3) is 1.00. The summed E-state index contributed by atoms with van der Waals surface area (Å²) in [4.78, 5) is 0. The Kier molecular flexibility index (Phi) is 8.85. The third-order valence-electron chi connectivity index (χ3n) is 2.62. The maximum absolute atomic E-state index is 6.40. The molecule has 0 bridgehead atoms. The molecule has 0 rings (SSSR count). The normalized spacial score (nSPS) is 17.5. The van der Waals surface area contributed by atoms with Gasteiger partial charge >= 0.3 is 8.56 Å². The average molecular weight is 309 g/mol. The molecule has 110 valence electrons. The van der Waals surface area contributed by atoms with Crippen LogP contribution < -0.4 is 11.5 Å². The highest BCUT2D eigenvalue weighted by Crippen LogP contribution is 2.23. The molecule has 2 atom stereocenters. The van der Waals surface area contributed by atoms with Crippen LogP contribution in [0.15, 0.2) is 0 Å². The molecule has 7 heteroatoms. The lowest BCUT2D eigenvalue weighted by Crippen LogP contribution is -2.50. The Morgan fingerprint density at radius 3 is 2.00 bits per heavy atom. The Morgan fingerprint density at radius 2 is 1.56 bits per heavy atom. The summed E-state index contributed by atoms with van der Waals surface area (Å²) in [5, 5.41) is 0. The summed E-state index contributed by atoms with van der Waals surface area (Å²) in [5.41, 5.74) is 11.2. The molecule has 0 spiro atoms. The van der Waals surface area contributed by atoms with Crippen molar-refractivity contribution in [3.8, 4) is 0 Å². The van der Waals surface area contributed by atoms with Crippen molar-refractivity contribution in [3.63, 3.8) is 0 Å². The van der Waals surface area contributed by atoms with Gasteiger partial charge in [0.2, 0.25) is 0 Å². The summed E-state index contributed by atoms with van der Waals surface area (Å²) < 4.78 is 12.8. The molecule has 0 saturated carbocycles. The predicted octanol–water partition coefficient (Wildman–Crippen LogP) is 1.98. The lowest BCUT2D eigenvalue weighted by atomic mass is 10.5.